The lowest BCUT2D eigenvalue weighted by atomic mass is 10.0. The Morgan fingerprint density at radius 3 is 2.63 bits per heavy atom. The molecule has 1 heterocycles. The maximum absolute atomic E-state index is 11.4. The lowest BCUT2D eigenvalue weighted by Gasteiger charge is -2.15. The Morgan fingerprint density at radius 2 is 2.16 bits per heavy atom. The van der Waals surface area contributed by atoms with Crippen LogP contribution in [0.5, 0.6) is 0 Å². The number of aliphatic carboxylic acids is 1. The molecule has 1 unspecified atom stereocenters. The number of hydrogen-bond donors (Lipinski definition) is 3. The zero-order valence-electron chi connectivity index (χ0n) is 11.4. The van der Waals surface area contributed by atoms with Gasteiger partial charge in [0.1, 0.15) is 11.4 Å². The van der Waals surface area contributed by atoms with Crippen LogP contribution in [0.4, 0.5) is 5.82 Å². The van der Waals surface area contributed by atoms with Crippen molar-refractivity contribution in [3.8, 4) is 0 Å². The number of carbonyl (C=O) groups excluding carboxylic acids is 1. The summed E-state index contributed by atoms with van der Waals surface area (Å²) in [6.07, 6.45) is 0.828. The first kappa shape index (κ1) is 15.0. The molecule has 0 aromatic carbocycles. The molecule has 0 spiro atoms. The molecule has 1 aromatic heterocycles. The third-order valence-electron chi connectivity index (χ3n) is 3.07. The van der Waals surface area contributed by atoms with Crippen LogP contribution in [0.3, 0.4) is 0 Å². The summed E-state index contributed by atoms with van der Waals surface area (Å²) in [5, 5.41) is 16.0. The van der Waals surface area contributed by atoms with Gasteiger partial charge in [-0.15, -0.1) is 0 Å². The fourth-order valence-corrected chi connectivity index (χ4v) is 2.00. The van der Waals surface area contributed by atoms with Crippen LogP contribution < -0.4 is 11.1 Å². The molecular formula is C12H20N4O3. The number of rotatable bonds is 7. The van der Waals surface area contributed by atoms with Gasteiger partial charge >= 0.3 is 5.97 Å². The van der Waals surface area contributed by atoms with E-state index in [1.54, 1.807) is 18.7 Å². The Kier molecular flexibility index (Phi) is 4.91. The van der Waals surface area contributed by atoms with Crippen LogP contribution >= 0.6 is 0 Å². The van der Waals surface area contributed by atoms with Crippen LogP contribution in [0.1, 0.15) is 35.8 Å². The number of carbonyl (C=O) groups is 2. The summed E-state index contributed by atoms with van der Waals surface area (Å²) >= 11 is 0. The van der Waals surface area contributed by atoms with Gasteiger partial charge in [0.2, 0.25) is 0 Å². The molecule has 19 heavy (non-hydrogen) atoms. The fraction of sp³-hybridized carbons (Fsp3) is 0.583. The van der Waals surface area contributed by atoms with Crippen LogP contribution in [-0.2, 0) is 11.8 Å². The number of aryl methyl sites for hydroxylation is 2. The van der Waals surface area contributed by atoms with Gasteiger partial charge in [0, 0.05) is 20.0 Å². The Morgan fingerprint density at radius 1 is 1.53 bits per heavy atom. The third kappa shape index (κ3) is 3.70. The standard InChI is InChI=1S/C12H20N4O3/c1-4-8(5-9(17)18)6-14-12-10(11(13)19)7(2)15-16(12)3/h8,14H,4-6H2,1-3H3,(H2,13,19)(H,17,18). The number of carboxylic acids is 1. The lowest BCUT2D eigenvalue weighted by Crippen LogP contribution is -2.21. The first-order valence-electron chi connectivity index (χ1n) is 6.15. The Balaban J connectivity index is 2.82. The molecule has 106 valence electrons. The van der Waals surface area contributed by atoms with Gasteiger partial charge in [0.05, 0.1) is 5.69 Å². The summed E-state index contributed by atoms with van der Waals surface area (Å²) in [6, 6.07) is 0. The number of aromatic nitrogens is 2. The number of primary amides is 1. The number of amides is 1. The van der Waals surface area contributed by atoms with Gasteiger partial charge in [-0.2, -0.15) is 5.10 Å². The highest BCUT2D eigenvalue weighted by Crippen LogP contribution is 2.19. The highest BCUT2D eigenvalue weighted by molar-refractivity contribution is 5.98. The van der Waals surface area contributed by atoms with E-state index in [-0.39, 0.29) is 12.3 Å². The van der Waals surface area contributed by atoms with Crippen LogP contribution in [0.2, 0.25) is 0 Å². The molecule has 0 radical (unpaired) electrons. The average Bonchev–Trinajstić information content (AvgIpc) is 2.58. The lowest BCUT2D eigenvalue weighted by molar-refractivity contribution is -0.138. The molecule has 1 amide bonds. The number of carboxylic acid groups (broad SMARTS) is 1. The van der Waals surface area contributed by atoms with Gasteiger partial charge in [0.25, 0.3) is 5.91 Å². The van der Waals surface area contributed by atoms with E-state index in [0.29, 0.717) is 23.6 Å². The van der Waals surface area contributed by atoms with Gasteiger partial charge in [-0.1, -0.05) is 13.3 Å². The van der Waals surface area contributed by atoms with Crippen molar-refractivity contribution in [2.24, 2.45) is 18.7 Å². The second-order valence-electron chi connectivity index (χ2n) is 4.55. The zero-order chi connectivity index (χ0) is 14.6. The summed E-state index contributed by atoms with van der Waals surface area (Å²) in [7, 11) is 1.71. The van der Waals surface area contributed by atoms with Crippen molar-refractivity contribution in [2.45, 2.75) is 26.7 Å². The minimum Gasteiger partial charge on any atom is -0.481 e. The smallest absolute Gasteiger partial charge is 0.303 e. The van der Waals surface area contributed by atoms with E-state index in [9.17, 15) is 9.59 Å². The highest BCUT2D eigenvalue weighted by atomic mass is 16.4. The Labute approximate surface area is 111 Å². The van der Waals surface area contributed by atoms with E-state index in [0.717, 1.165) is 6.42 Å². The molecule has 7 heteroatoms. The van der Waals surface area contributed by atoms with Crippen molar-refractivity contribution in [1.29, 1.82) is 0 Å². The molecule has 0 saturated carbocycles. The first-order chi connectivity index (χ1) is 8.86. The highest BCUT2D eigenvalue weighted by Gasteiger charge is 2.19. The quantitative estimate of drug-likeness (QED) is 0.675. The molecule has 1 atom stereocenters. The third-order valence-corrected chi connectivity index (χ3v) is 3.07. The summed E-state index contributed by atoms with van der Waals surface area (Å²) in [5.41, 5.74) is 6.24. The number of nitrogens with two attached hydrogens (primary N) is 1. The number of hydrogen-bond acceptors (Lipinski definition) is 4. The van der Waals surface area contributed by atoms with Crippen LogP contribution in [0.25, 0.3) is 0 Å². The van der Waals surface area contributed by atoms with Crippen molar-refractivity contribution in [1.82, 2.24) is 9.78 Å². The fourth-order valence-electron chi connectivity index (χ4n) is 2.00. The van der Waals surface area contributed by atoms with E-state index in [1.807, 2.05) is 6.92 Å². The predicted molar refractivity (Wildman–Crippen MR) is 71.0 cm³/mol. The SMILES string of the molecule is CCC(CNc1c(C(N)=O)c(C)nn1C)CC(=O)O. The summed E-state index contributed by atoms with van der Waals surface area (Å²) < 4.78 is 1.54. The minimum absolute atomic E-state index is 0.00608. The molecule has 1 aromatic rings. The second kappa shape index (κ2) is 6.21. The topological polar surface area (TPSA) is 110 Å². The molecule has 0 fully saturated rings. The number of nitrogens with one attached hydrogen (secondary N) is 1. The van der Waals surface area contributed by atoms with E-state index in [1.165, 1.54) is 0 Å². The first-order valence-corrected chi connectivity index (χ1v) is 6.15. The average molecular weight is 268 g/mol. The molecule has 0 aliphatic rings. The van der Waals surface area contributed by atoms with Gasteiger partial charge < -0.3 is 16.2 Å². The Bertz CT molecular complexity index is 482. The summed E-state index contributed by atoms with van der Waals surface area (Å²) in [4.78, 5) is 22.1. The van der Waals surface area contributed by atoms with Gasteiger partial charge in [0.15, 0.2) is 0 Å². The van der Waals surface area contributed by atoms with Gasteiger partial charge in [-0.3, -0.25) is 14.3 Å². The van der Waals surface area contributed by atoms with Crippen molar-refractivity contribution in [3.05, 3.63) is 11.3 Å². The summed E-state index contributed by atoms with van der Waals surface area (Å²) in [6.45, 7) is 4.10. The van der Waals surface area contributed by atoms with E-state index >= 15 is 0 Å². The van der Waals surface area contributed by atoms with Crippen molar-refractivity contribution >= 4 is 17.7 Å². The maximum atomic E-state index is 11.4. The van der Waals surface area contributed by atoms with E-state index in [4.69, 9.17) is 10.8 Å². The van der Waals surface area contributed by atoms with E-state index in [2.05, 4.69) is 10.4 Å². The van der Waals surface area contributed by atoms with Crippen molar-refractivity contribution in [2.75, 3.05) is 11.9 Å². The number of nitrogens with zero attached hydrogens (tertiary/aromatic N) is 2. The van der Waals surface area contributed by atoms with Crippen molar-refractivity contribution < 1.29 is 14.7 Å². The molecule has 0 bridgehead atoms. The van der Waals surface area contributed by atoms with E-state index < -0.39 is 11.9 Å². The number of anilines is 1. The zero-order valence-corrected chi connectivity index (χ0v) is 11.4. The Hall–Kier alpha value is -2.05. The van der Waals surface area contributed by atoms with Crippen LogP contribution in [0.15, 0.2) is 0 Å². The molecule has 0 saturated heterocycles. The molecular weight excluding hydrogens is 248 g/mol. The molecule has 0 aliphatic heterocycles. The van der Waals surface area contributed by atoms with Crippen LogP contribution in [-0.4, -0.2) is 33.3 Å². The minimum atomic E-state index is -0.829. The molecule has 7 nitrogen and oxygen atoms in total. The van der Waals surface area contributed by atoms with Crippen molar-refractivity contribution in [3.63, 3.8) is 0 Å². The molecule has 1 rings (SSSR count). The predicted octanol–water partition coefficient (Wildman–Crippen LogP) is 0.740. The van der Waals surface area contributed by atoms with Crippen LogP contribution in [0, 0.1) is 12.8 Å². The molecule has 4 N–H and O–H groups in total. The summed E-state index contributed by atoms with van der Waals surface area (Å²) in [5.74, 6) is -0.841. The monoisotopic (exact) mass is 268 g/mol. The largest absolute Gasteiger partial charge is 0.481 e. The van der Waals surface area contributed by atoms with Gasteiger partial charge in [-0.25, -0.2) is 0 Å². The second-order valence-corrected chi connectivity index (χ2v) is 4.55. The maximum Gasteiger partial charge on any atom is 0.303 e. The normalized spacial score (nSPS) is 12.2. The van der Waals surface area contributed by atoms with Gasteiger partial charge in [-0.05, 0) is 12.8 Å². The molecule has 0 aliphatic carbocycles.